The molecule has 0 fully saturated rings. The van der Waals surface area contributed by atoms with Gasteiger partial charge in [-0.15, -0.1) is 11.3 Å². The molecule has 0 amide bonds. The topological polar surface area (TPSA) is 12.9 Å². The molecule has 1 nitrogen and oxygen atoms in total. The largest absolute Gasteiger partial charge is 0.245 e. The van der Waals surface area contributed by atoms with Crippen LogP contribution >= 0.6 is 11.3 Å². The van der Waals surface area contributed by atoms with Gasteiger partial charge in [0, 0.05) is 16.5 Å². The van der Waals surface area contributed by atoms with E-state index in [1.165, 1.54) is 46.4 Å². The Hall–Kier alpha value is -1.74. The zero-order valence-electron chi connectivity index (χ0n) is 10.3. The molecule has 3 heteroatoms. The number of aromatic nitrogens is 1. The van der Waals surface area contributed by atoms with Gasteiger partial charge in [0.1, 0.15) is 10.6 Å². The van der Waals surface area contributed by atoms with Crippen molar-refractivity contribution < 1.29 is 4.39 Å². The van der Waals surface area contributed by atoms with Gasteiger partial charge in [-0.25, -0.2) is 9.37 Å². The number of halogens is 1. The fraction of sp³-hybridized carbons (Fsp3) is 0.188. The standard InChI is InChI=1S/C16H12FNS/c17-11-6-4-10(5-7-11)12-8-9-18-16-15(12)13-2-1-3-14(13)19-16/h4-9H,1-3H2. The lowest BCUT2D eigenvalue weighted by molar-refractivity contribution is 0.628. The molecule has 1 aromatic carbocycles. The van der Waals surface area contributed by atoms with Gasteiger partial charge in [-0.2, -0.15) is 0 Å². The van der Waals surface area contributed by atoms with E-state index in [0.717, 1.165) is 16.8 Å². The summed E-state index contributed by atoms with van der Waals surface area (Å²) in [5.74, 6) is -0.190. The van der Waals surface area contributed by atoms with E-state index in [1.54, 1.807) is 0 Å². The zero-order chi connectivity index (χ0) is 12.8. The van der Waals surface area contributed by atoms with E-state index in [-0.39, 0.29) is 5.82 Å². The first kappa shape index (κ1) is 11.1. The first-order valence-corrected chi connectivity index (χ1v) is 7.30. The molecule has 0 saturated carbocycles. The van der Waals surface area contributed by atoms with Crippen molar-refractivity contribution in [1.82, 2.24) is 4.98 Å². The molecule has 0 radical (unpaired) electrons. The van der Waals surface area contributed by atoms with Crippen LogP contribution in [0.5, 0.6) is 0 Å². The van der Waals surface area contributed by atoms with Gasteiger partial charge in [0.15, 0.2) is 0 Å². The Morgan fingerprint density at radius 3 is 2.74 bits per heavy atom. The second kappa shape index (κ2) is 4.14. The molecule has 0 spiro atoms. The third-order valence-electron chi connectivity index (χ3n) is 3.76. The molecule has 19 heavy (non-hydrogen) atoms. The molecule has 2 aromatic heterocycles. The Kier molecular flexibility index (Phi) is 2.42. The van der Waals surface area contributed by atoms with Gasteiger partial charge in [-0.3, -0.25) is 0 Å². The van der Waals surface area contributed by atoms with Crippen LogP contribution in [0.3, 0.4) is 0 Å². The Morgan fingerprint density at radius 2 is 1.89 bits per heavy atom. The molecule has 0 saturated heterocycles. The number of rotatable bonds is 1. The van der Waals surface area contributed by atoms with Crippen LogP contribution in [0.2, 0.25) is 0 Å². The van der Waals surface area contributed by atoms with Crippen LogP contribution in [-0.2, 0) is 12.8 Å². The first-order valence-electron chi connectivity index (χ1n) is 6.48. The van der Waals surface area contributed by atoms with E-state index in [4.69, 9.17) is 0 Å². The predicted molar refractivity (Wildman–Crippen MR) is 77.0 cm³/mol. The monoisotopic (exact) mass is 269 g/mol. The molecular formula is C16H12FNS. The number of hydrogen-bond donors (Lipinski definition) is 0. The second-order valence-electron chi connectivity index (χ2n) is 4.90. The van der Waals surface area contributed by atoms with Crippen LogP contribution in [0, 0.1) is 5.82 Å². The molecule has 0 aliphatic heterocycles. The lowest BCUT2D eigenvalue weighted by atomic mass is 10.0. The summed E-state index contributed by atoms with van der Waals surface area (Å²) in [5, 5.41) is 1.28. The highest BCUT2D eigenvalue weighted by atomic mass is 32.1. The summed E-state index contributed by atoms with van der Waals surface area (Å²) < 4.78 is 13.1. The minimum Gasteiger partial charge on any atom is -0.245 e. The molecule has 4 rings (SSSR count). The van der Waals surface area contributed by atoms with Crippen LogP contribution in [0.4, 0.5) is 4.39 Å². The lowest BCUT2D eigenvalue weighted by Gasteiger charge is -2.05. The molecule has 0 unspecified atom stereocenters. The second-order valence-corrected chi connectivity index (χ2v) is 5.99. The third-order valence-corrected chi connectivity index (χ3v) is 4.96. The van der Waals surface area contributed by atoms with Crippen molar-refractivity contribution in [1.29, 1.82) is 0 Å². The third kappa shape index (κ3) is 1.69. The number of benzene rings is 1. The van der Waals surface area contributed by atoms with Gasteiger partial charge < -0.3 is 0 Å². The number of thiophene rings is 1. The van der Waals surface area contributed by atoms with Crippen molar-refractivity contribution >= 4 is 21.6 Å². The van der Waals surface area contributed by atoms with E-state index in [0.29, 0.717) is 0 Å². The summed E-state index contributed by atoms with van der Waals surface area (Å²) in [6, 6.07) is 8.79. The smallest absolute Gasteiger partial charge is 0.124 e. The maximum absolute atomic E-state index is 13.1. The molecular weight excluding hydrogens is 257 g/mol. The normalized spacial score (nSPS) is 13.9. The van der Waals surface area contributed by atoms with Crippen LogP contribution in [0.15, 0.2) is 36.5 Å². The van der Waals surface area contributed by atoms with Gasteiger partial charge >= 0.3 is 0 Å². The summed E-state index contributed by atoms with van der Waals surface area (Å²) in [6.45, 7) is 0. The van der Waals surface area contributed by atoms with Crippen molar-refractivity contribution in [3.8, 4) is 11.1 Å². The number of aryl methyl sites for hydroxylation is 2. The Bertz CT molecular complexity index is 758. The maximum atomic E-state index is 13.1. The van der Waals surface area contributed by atoms with Crippen molar-refractivity contribution in [2.24, 2.45) is 0 Å². The quantitative estimate of drug-likeness (QED) is 0.629. The minimum absolute atomic E-state index is 0.190. The summed E-state index contributed by atoms with van der Waals surface area (Å²) in [4.78, 5) is 7.09. The van der Waals surface area contributed by atoms with E-state index in [2.05, 4.69) is 4.98 Å². The van der Waals surface area contributed by atoms with E-state index in [9.17, 15) is 4.39 Å². The SMILES string of the molecule is Fc1ccc(-c2ccnc3sc4c(c23)CCC4)cc1. The van der Waals surface area contributed by atoms with Gasteiger partial charge in [-0.1, -0.05) is 12.1 Å². The highest BCUT2D eigenvalue weighted by Crippen LogP contribution is 2.41. The van der Waals surface area contributed by atoms with Gasteiger partial charge in [0.2, 0.25) is 0 Å². The highest BCUT2D eigenvalue weighted by Gasteiger charge is 2.20. The fourth-order valence-corrected chi connectivity index (χ4v) is 4.15. The van der Waals surface area contributed by atoms with Crippen LogP contribution in [0.25, 0.3) is 21.3 Å². The van der Waals surface area contributed by atoms with Crippen molar-refractivity contribution in [2.75, 3.05) is 0 Å². The molecule has 2 heterocycles. The molecule has 0 bridgehead atoms. The Balaban J connectivity index is 2.01. The lowest BCUT2D eigenvalue weighted by Crippen LogP contribution is -1.85. The summed E-state index contributed by atoms with van der Waals surface area (Å²) in [7, 11) is 0. The summed E-state index contributed by atoms with van der Waals surface area (Å²) >= 11 is 1.81. The maximum Gasteiger partial charge on any atom is 0.124 e. The minimum atomic E-state index is -0.190. The average molecular weight is 269 g/mol. The predicted octanol–water partition coefficient (Wildman–Crippen LogP) is 4.59. The first-order chi connectivity index (χ1) is 9.33. The van der Waals surface area contributed by atoms with Crippen molar-refractivity contribution in [3.05, 3.63) is 52.8 Å². The molecule has 1 aliphatic rings. The molecule has 0 atom stereocenters. The number of nitrogens with zero attached hydrogens (tertiary/aromatic N) is 1. The van der Waals surface area contributed by atoms with Crippen molar-refractivity contribution in [3.63, 3.8) is 0 Å². The molecule has 0 N–H and O–H groups in total. The number of pyridine rings is 1. The molecule has 94 valence electrons. The highest BCUT2D eigenvalue weighted by molar-refractivity contribution is 7.19. The van der Waals surface area contributed by atoms with Gasteiger partial charge in [-0.05, 0) is 54.2 Å². The number of hydrogen-bond acceptors (Lipinski definition) is 2. The summed E-state index contributed by atoms with van der Waals surface area (Å²) in [5.41, 5.74) is 3.72. The van der Waals surface area contributed by atoms with Crippen LogP contribution in [-0.4, -0.2) is 4.98 Å². The zero-order valence-corrected chi connectivity index (χ0v) is 11.1. The Labute approximate surface area is 114 Å². The van der Waals surface area contributed by atoms with E-state index >= 15 is 0 Å². The van der Waals surface area contributed by atoms with Gasteiger partial charge in [0.25, 0.3) is 0 Å². The average Bonchev–Trinajstić information content (AvgIpc) is 2.99. The fourth-order valence-electron chi connectivity index (χ4n) is 2.89. The molecule has 3 aromatic rings. The molecule has 1 aliphatic carbocycles. The van der Waals surface area contributed by atoms with Crippen molar-refractivity contribution in [2.45, 2.75) is 19.3 Å². The van der Waals surface area contributed by atoms with Gasteiger partial charge in [0.05, 0.1) is 0 Å². The Morgan fingerprint density at radius 1 is 1.05 bits per heavy atom. The van der Waals surface area contributed by atoms with Crippen LogP contribution in [0.1, 0.15) is 16.9 Å². The number of fused-ring (bicyclic) bond motifs is 3. The van der Waals surface area contributed by atoms with E-state index < -0.39 is 0 Å². The summed E-state index contributed by atoms with van der Waals surface area (Å²) in [6.07, 6.45) is 5.43. The van der Waals surface area contributed by atoms with Crippen LogP contribution < -0.4 is 0 Å². The van der Waals surface area contributed by atoms with E-state index in [1.807, 2.05) is 35.7 Å².